The van der Waals surface area contributed by atoms with Crippen LogP contribution in [0.5, 0.6) is 0 Å². The fraction of sp³-hybridized carbons (Fsp3) is 0.533. The Kier molecular flexibility index (Phi) is 4.56. The summed E-state index contributed by atoms with van der Waals surface area (Å²) in [7, 11) is 0. The number of hydrogen-bond acceptors (Lipinski definition) is 3. The molecule has 19 heavy (non-hydrogen) atoms. The Morgan fingerprint density at radius 3 is 2.79 bits per heavy atom. The van der Waals surface area contributed by atoms with Crippen LogP contribution >= 0.6 is 0 Å². The van der Waals surface area contributed by atoms with Gasteiger partial charge in [0.05, 0.1) is 5.69 Å². The smallest absolute Gasteiger partial charge is 0.137 e. The Bertz CT molecular complexity index is 533. The zero-order valence-corrected chi connectivity index (χ0v) is 12.0. The molecule has 0 bridgehead atoms. The minimum atomic E-state index is 0.244. The third-order valence-corrected chi connectivity index (χ3v) is 3.35. The van der Waals surface area contributed by atoms with Crippen LogP contribution < -0.4 is 0 Å². The highest BCUT2D eigenvalue weighted by atomic mass is 16.3. The van der Waals surface area contributed by atoms with Gasteiger partial charge in [-0.1, -0.05) is 6.07 Å². The summed E-state index contributed by atoms with van der Waals surface area (Å²) >= 11 is 0. The Hall–Kier alpha value is -1.39. The molecule has 2 rings (SSSR count). The molecule has 0 atom stereocenters. The molecule has 0 aliphatic heterocycles. The fourth-order valence-electron chi connectivity index (χ4n) is 2.23. The summed E-state index contributed by atoms with van der Waals surface area (Å²) in [6.45, 7) is 8.42. The number of aryl methyl sites for hydroxylation is 1. The van der Waals surface area contributed by atoms with Gasteiger partial charge in [0.2, 0.25) is 0 Å². The molecular weight excluding hydrogens is 238 g/mol. The van der Waals surface area contributed by atoms with Crippen molar-refractivity contribution < 1.29 is 5.11 Å². The van der Waals surface area contributed by atoms with Crippen molar-refractivity contribution in [2.75, 3.05) is 13.2 Å². The zero-order valence-electron chi connectivity index (χ0n) is 12.0. The van der Waals surface area contributed by atoms with E-state index in [0.29, 0.717) is 6.04 Å². The van der Waals surface area contributed by atoms with Crippen molar-refractivity contribution in [3.05, 3.63) is 35.8 Å². The molecule has 0 radical (unpaired) electrons. The normalized spacial score (nSPS) is 11.9. The molecule has 0 aromatic carbocycles. The van der Waals surface area contributed by atoms with E-state index in [4.69, 9.17) is 5.11 Å². The summed E-state index contributed by atoms with van der Waals surface area (Å²) in [6.07, 6.45) is 5.00. The summed E-state index contributed by atoms with van der Waals surface area (Å²) < 4.78 is 2.08. The molecule has 0 saturated carbocycles. The summed E-state index contributed by atoms with van der Waals surface area (Å²) in [5.74, 6) is 0. The van der Waals surface area contributed by atoms with E-state index in [-0.39, 0.29) is 6.61 Å². The Morgan fingerprint density at radius 2 is 2.11 bits per heavy atom. The molecule has 104 valence electrons. The third kappa shape index (κ3) is 3.55. The van der Waals surface area contributed by atoms with Crippen molar-refractivity contribution >= 4 is 5.65 Å². The van der Waals surface area contributed by atoms with Crippen molar-refractivity contribution in [2.45, 2.75) is 39.8 Å². The molecular formula is C15H23N3O. The fourth-order valence-corrected chi connectivity index (χ4v) is 2.23. The quantitative estimate of drug-likeness (QED) is 0.867. The van der Waals surface area contributed by atoms with Gasteiger partial charge >= 0.3 is 0 Å². The second-order valence-corrected chi connectivity index (χ2v) is 5.35. The van der Waals surface area contributed by atoms with Gasteiger partial charge in [-0.15, -0.1) is 0 Å². The highest BCUT2D eigenvalue weighted by molar-refractivity contribution is 5.41. The molecule has 0 aliphatic rings. The van der Waals surface area contributed by atoms with E-state index in [9.17, 15) is 0 Å². The summed E-state index contributed by atoms with van der Waals surface area (Å²) in [5.41, 5.74) is 3.31. The van der Waals surface area contributed by atoms with Crippen LogP contribution in [0.2, 0.25) is 0 Å². The van der Waals surface area contributed by atoms with Crippen molar-refractivity contribution in [1.82, 2.24) is 14.3 Å². The molecule has 2 aromatic heterocycles. The number of aromatic nitrogens is 2. The zero-order chi connectivity index (χ0) is 13.8. The molecule has 0 fully saturated rings. The van der Waals surface area contributed by atoms with Crippen LogP contribution in [-0.2, 0) is 6.54 Å². The molecule has 4 heteroatoms. The summed E-state index contributed by atoms with van der Waals surface area (Å²) in [4.78, 5) is 6.98. The largest absolute Gasteiger partial charge is 0.396 e. The topological polar surface area (TPSA) is 40.8 Å². The van der Waals surface area contributed by atoms with Crippen LogP contribution in [0.15, 0.2) is 24.5 Å². The van der Waals surface area contributed by atoms with Crippen LogP contribution in [0.1, 0.15) is 31.5 Å². The minimum Gasteiger partial charge on any atom is -0.396 e. The van der Waals surface area contributed by atoms with Crippen LogP contribution in [0, 0.1) is 6.92 Å². The maximum atomic E-state index is 8.96. The van der Waals surface area contributed by atoms with Gasteiger partial charge in [0.25, 0.3) is 0 Å². The Morgan fingerprint density at radius 1 is 1.32 bits per heavy atom. The van der Waals surface area contributed by atoms with E-state index in [0.717, 1.165) is 30.9 Å². The van der Waals surface area contributed by atoms with Crippen LogP contribution in [-0.4, -0.2) is 38.6 Å². The average molecular weight is 261 g/mol. The predicted molar refractivity (Wildman–Crippen MR) is 77.2 cm³/mol. The highest BCUT2D eigenvalue weighted by Crippen LogP contribution is 2.11. The van der Waals surface area contributed by atoms with Gasteiger partial charge in [-0.05, 0) is 38.8 Å². The van der Waals surface area contributed by atoms with E-state index in [1.165, 1.54) is 5.56 Å². The van der Waals surface area contributed by atoms with Gasteiger partial charge in [-0.25, -0.2) is 4.98 Å². The number of aliphatic hydroxyl groups excluding tert-OH is 1. The number of imidazole rings is 1. The molecule has 0 saturated heterocycles. The standard InChI is InChI=1S/C15H23N3O/c1-12(2)17(7-4-8-19)10-14-11-18-9-13(3)5-6-15(18)16-14/h5-6,9,11-12,19H,4,7-8,10H2,1-3H3. The highest BCUT2D eigenvalue weighted by Gasteiger charge is 2.12. The van der Waals surface area contributed by atoms with E-state index in [1.807, 2.05) is 6.07 Å². The first-order valence-electron chi connectivity index (χ1n) is 6.89. The Balaban J connectivity index is 2.14. The lowest BCUT2D eigenvalue weighted by Crippen LogP contribution is -2.31. The van der Waals surface area contributed by atoms with Gasteiger partial charge in [-0.2, -0.15) is 0 Å². The van der Waals surface area contributed by atoms with E-state index in [1.54, 1.807) is 0 Å². The first-order chi connectivity index (χ1) is 9.10. The lowest BCUT2D eigenvalue weighted by Gasteiger charge is -2.25. The maximum Gasteiger partial charge on any atom is 0.137 e. The van der Waals surface area contributed by atoms with Crippen LogP contribution in [0.3, 0.4) is 0 Å². The number of pyridine rings is 1. The first kappa shape index (κ1) is 14.0. The molecule has 2 aromatic rings. The van der Waals surface area contributed by atoms with Crippen molar-refractivity contribution in [1.29, 1.82) is 0 Å². The molecule has 0 unspecified atom stereocenters. The number of aliphatic hydroxyl groups is 1. The molecule has 0 amide bonds. The predicted octanol–water partition coefficient (Wildman–Crippen LogP) is 2.24. The van der Waals surface area contributed by atoms with Crippen LogP contribution in [0.25, 0.3) is 5.65 Å². The van der Waals surface area contributed by atoms with E-state index < -0.39 is 0 Å². The lowest BCUT2D eigenvalue weighted by atomic mass is 10.2. The molecule has 0 aliphatic carbocycles. The van der Waals surface area contributed by atoms with Crippen molar-refractivity contribution in [3.63, 3.8) is 0 Å². The SMILES string of the molecule is Cc1ccc2nc(CN(CCCO)C(C)C)cn2c1. The number of nitrogens with zero attached hydrogens (tertiary/aromatic N) is 3. The van der Waals surface area contributed by atoms with Gasteiger partial charge in [0.1, 0.15) is 5.65 Å². The monoisotopic (exact) mass is 261 g/mol. The molecule has 4 nitrogen and oxygen atoms in total. The van der Waals surface area contributed by atoms with Crippen molar-refractivity contribution in [3.8, 4) is 0 Å². The minimum absolute atomic E-state index is 0.244. The number of fused-ring (bicyclic) bond motifs is 1. The Labute approximate surface area is 114 Å². The van der Waals surface area contributed by atoms with E-state index >= 15 is 0 Å². The molecule has 1 N–H and O–H groups in total. The number of rotatable bonds is 6. The molecule has 0 spiro atoms. The third-order valence-electron chi connectivity index (χ3n) is 3.35. The second-order valence-electron chi connectivity index (χ2n) is 5.35. The number of hydrogen-bond donors (Lipinski definition) is 1. The van der Waals surface area contributed by atoms with Crippen molar-refractivity contribution in [2.24, 2.45) is 0 Å². The van der Waals surface area contributed by atoms with Crippen LogP contribution in [0.4, 0.5) is 0 Å². The van der Waals surface area contributed by atoms with Gasteiger partial charge < -0.3 is 9.51 Å². The average Bonchev–Trinajstić information content (AvgIpc) is 2.75. The summed E-state index contributed by atoms with van der Waals surface area (Å²) in [5, 5.41) is 8.96. The van der Waals surface area contributed by atoms with Gasteiger partial charge in [0, 0.05) is 38.1 Å². The second kappa shape index (κ2) is 6.17. The van der Waals surface area contributed by atoms with E-state index in [2.05, 4.69) is 53.5 Å². The lowest BCUT2D eigenvalue weighted by molar-refractivity contribution is 0.183. The van der Waals surface area contributed by atoms with Gasteiger partial charge in [0.15, 0.2) is 0 Å². The maximum absolute atomic E-state index is 8.96. The first-order valence-corrected chi connectivity index (χ1v) is 6.89. The summed E-state index contributed by atoms with van der Waals surface area (Å²) in [6, 6.07) is 4.59. The van der Waals surface area contributed by atoms with Gasteiger partial charge in [-0.3, -0.25) is 4.90 Å². The molecule has 2 heterocycles.